The fraction of sp³-hybridized carbons (Fsp3) is 0.524. The number of likely N-dealkylation sites (tertiary alicyclic amines) is 1. The molecule has 0 radical (unpaired) electrons. The van der Waals surface area contributed by atoms with E-state index in [9.17, 15) is 14.0 Å². The largest absolute Gasteiger partial charge is 0.369 e. The lowest BCUT2D eigenvalue weighted by Gasteiger charge is -2.24. The van der Waals surface area contributed by atoms with Crippen molar-refractivity contribution in [2.75, 3.05) is 24.5 Å². The highest BCUT2D eigenvalue weighted by Crippen LogP contribution is 2.59. The number of primary amides is 1. The lowest BCUT2D eigenvalue weighted by atomic mass is 10.0. The minimum atomic E-state index is -0.342. The van der Waals surface area contributed by atoms with Gasteiger partial charge in [0.25, 0.3) is 0 Å². The van der Waals surface area contributed by atoms with E-state index in [1.807, 2.05) is 29.7 Å². The monoisotopic (exact) mass is 371 g/mol. The van der Waals surface area contributed by atoms with Crippen LogP contribution in [-0.2, 0) is 9.59 Å². The average Bonchev–Trinajstić information content (AvgIpc) is 2.96. The molecule has 0 bridgehead atoms. The molecule has 1 aromatic rings. The molecule has 3 fully saturated rings. The Kier molecular flexibility index (Phi) is 4.24. The number of hydrogen-bond acceptors (Lipinski definition) is 3. The Morgan fingerprint density at radius 3 is 2.48 bits per heavy atom. The topological polar surface area (TPSA) is 66.6 Å². The van der Waals surface area contributed by atoms with Crippen LogP contribution in [0.15, 0.2) is 24.4 Å². The van der Waals surface area contributed by atoms with Crippen LogP contribution in [-0.4, -0.2) is 36.3 Å². The third-order valence-corrected chi connectivity index (χ3v) is 6.48. The van der Waals surface area contributed by atoms with Crippen molar-refractivity contribution in [3.8, 4) is 0 Å². The number of halogens is 1. The number of carbonyl (C=O) groups excluding carboxylic acids is 2. The minimum absolute atomic E-state index is 0.185. The molecule has 0 aromatic heterocycles. The molecule has 2 N–H and O–H groups in total. The number of hydrogen-bond donors (Lipinski definition) is 1. The normalized spacial score (nSPS) is 29.2. The Balaban J connectivity index is 1.52. The van der Waals surface area contributed by atoms with Crippen molar-refractivity contribution in [2.24, 2.45) is 23.5 Å². The quantitative estimate of drug-likeness (QED) is 0.884. The van der Waals surface area contributed by atoms with E-state index >= 15 is 0 Å². The van der Waals surface area contributed by atoms with Gasteiger partial charge in [-0.05, 0) is 41.9 Å². The van der Waals surface area contributed by atoms with Gasteiger partial charge in [-0.3, -0.25) is 9.59 Å². The van der Waals surface area contributed by atoms with Gasteiger partial charge in [0, 0.05) is 43.9 Å². The van der Waals surface area contributed by atoms with Gasteiger partial charge < -0.3 is 15.5 Å². The maximum Gasteiger partial charge on any atom is 0.222 e. The van der Waals surface area contributed by atoms with Gasteiger partial charge in [-0.2, -0.15) is 0 Å². The van der Waals surface area contributed by atoms with E-state index in [0.29, 0.717) is 31.2 Å². The number of allylic oxidation sites excluding steroid dienone is 1. The highest BCUT2D eigenvalue weighted by atomic mass is 19.1. The fourth-order valence-electron chi connectivity index (χ4n) is 4.92. The van der Waals surface area contributed by atoms with Crippen LogP contribution in [0.3, 0.4) is 0 Å². The van der Waals surface area contributed by atoms with Crippen molar-refractivity contribution in [2.45, 2.75) is 32.6 Å². The predicted octanol–water partition coefficient (Wildman–Crippen LogP) is 2.54. The second-order valence-electron chi connectivity index (χ2n) is 8.15. The van der Waals surface area contributed by atoms with Crippen LogP contribution in [0.25, 0.3) is 0 Å². The number of anilines is 1. The summed E-state index contributed by atoms with van der Waals surface area (Å²) in [4.78, 5) is 27.1. The number of carbonyl (C=O) groups is 2. The van der Waals surface area contributed by atoms with Gasteiger partial charge in [0.1, 0.15) is 5.82 Å². The van der Waals surface area contributed by atoms with E-state index in [1.165, 1.54) is 0 Å². The number of benzene rings is 1. The molecule has 3 atom stereocenters. The number of fused-ring (bicyclic) bond motifs is 1. The van der Waals surface area contributed by atoms with Gasteiger partial charge in [-0.15, -0.1) is 0 Å². The van der Waals surface area contributed by atoms with Gasteiger partial charge in [-0.25, -0.2) is 4.39 Å². The van der Waals surface area contributed by atoms with Crippen LogP contribution in [0.1, 0.15) is 36.8 Å². The van der Waals surface area contributed by atoms with Crippen molar-refractivity contribution in [1.29, 1.82) is 0 Å². The van der Waals surface area contributed by atoms with Gasteiger partial charge >= 0.3 is 0 Å². The van der Waals surface area contributed by atoms with Gasteiger partial charge in [0.2, 0.25) is 11.8 Å². The molecule has 1 aliphatic carbocycles. The summed E-state index contributed by atoms with van der Waals surface area (Å²) in [6.45, 7) is 9.80. The number of nitrogens with two attached hydrogens (primary N) is 1. The molecule has 1 aromatic carbocycles. The zero-order valence-electron chi connectivity index (χ0n) is 15.9. The Hall–Kier alpha value is -2.37. The third kappa shape index (κ3) is 2.91. The number of aryl methyl sites for hydroxylation is 1. The van der Waals surface area contributed by atoms with Gasteiger partial charge in [0.15, 0.2) is 0 Å². The van der Waals surface area contributed by atoms with Crippen molar-refractivity contribution in [3.05, 3.63) is 41.4 Å². The summed E-state index contributed by atoms with van der Waals surface area (Å²) in [6.07, 6.45) is 1.05. The van der Waals surface area contributed by atoms with Crippen molar-refractivity contribution < 1.29 is 14.0 Å². The lowest BCUT2D eigenvalue weighted by Crippen LogP contribution is -2.30. The van der Waals surface area contributed by atoms with Crippen LogP contribution in [0.2, 0.25) is 0 Å². The van der Waals surface area contributed by atoms with Crippen LogP contribution >= 0.6 is 0 Å². The second-order valence-corrected chi connectivity index (χ2v) is 8.15. The molecule has 2 amide bonds. The first kappa shape index (κ1) is 18.0. The maximum absolute atomic E-state index is 15.0. The molecule has 1 saturated carbocycles. The molecule has 2 saturated heterocycles. The summed E-state index contributed by atoms with van der Waals surface area (Å²) in [7, 11) is 0. The van der Waals surface area contributed by atoms with E-state index in [0.717, 1.165) is 35.6 Å². The van der Waals surface area contributed by atoms with E-state index in [4.69, 9.17) is 5.73 Å². The van der Waals surface area contributed by atoms with Crippen molar-refractivity contribution in [1.82, 2.24) is 4.90 Å². The Labute approximate surface area is 159 Å². The zero-order chi connectivity index (χ0) is 19.5. The van der Waals surface area contributed by atoms with Crippen LogP contribution in [0.4, 0.5) is 10.1 Å². The number of nitrogens with zero attached hydrogens (tertiary/aromatic N) is 2. The maximum atomic E-state index is 15.0. The van der Waals surface area contributed by atoms with Crippen LogP contribution < -0.4 is 10.6 Å². The first-order valence-electron chi connectivity index (χ1n) is 9.64. The highest BCUT2D eigenvalue weighted by molar-refractivity contribution is 5.80. The summed E-state index contributed by atoms with van der Waals surface area (Å²) in [5.74, 6) is 0.319. The molecule has 5 nitrogen and oxygen atoms in total. The molecular formula is C21H26FN3O2. The molecule has 3 aliphatic rings. The van der Waals surface area contributed by atoms with E-state index in [2.05, 4.69) is 6.58 Å². The molecule has 27 heavy (non-hydrogen) atoms. The van der Waals surface area contributed by atoms with Crippen molar-refractivity contribution in [3.63, 3.8) is 0 Å². The summed E-state index contributed by atoms with van der Waals surface area (Å²) in [6, 6.07) is 3.51. The Morgan fingerprint density at radius 1 is 1.26 bits per heavy atom. The molecule has 144 valence electrons. The molecule has 2 aliphatic heterocycles. The van der Waals surface area contributed by atoms with Gasteiger partial charge in [0.05, 0.1) is 5.92 Å². The Morgan fingerprint density at radius 2 is 1.93 bits per heavy atom. The van der Waals surface area contributed by atoms with Crippen molar-refractivity contribution >= 4 is 17.5 Å². The molecule has 6 heteroatoms. The SMILES string of the molecule is C=C1CC(C(N)=O)CN1c1cc(F)c(C2C3CN(C(=O)CC)CC32)cc1C. The lowest BCUT2D eigenvalue weighted by molar-refractivity contribution is -0.130. The smallest absolute Gasteiger partial charge is 0.222 e. The van der Waals surface area contributed by atoms with Gasteiger partial charge in [-0.1, -0.05) is 19.6 Å². The number of piperidine rings is 1. The Bertz CT molecular complexity index is 825. The molecule has 3 unspecified atom stereocenters. The third-order valence-electron chi connectivity index (χ3n) is 6.48. The molecule has 2 heterocycles. The molecule has 0 spiro atoms. The van der Waals surface area contributed by atoms with Crippen LogP contribution in [0, 0.1) is 30.5 Å². The van der Waals surface area contributed by atoms with E-state index in [-0.39, 0.29) is 29.5 Å². The summed E-state index contributed by atoms with van der Waals surface area (Å²) < 4.78 is 15.0. The summed E-state index contributed by atoms with van der Waals surface area (Å²) in [5, 5.41) is 0. The first-order valence-corrected chi connectivity index (χ1v) is 9.64. The molecular weight excluding hydrogens is 345 g/mol. The summed E-state index contributed by atoms with van der Waals surface area (Å²) in [5.41, 5.74) is 8.72. The first-order chi connectivity index (χ1) is 12.8. The average molecular weight is 371 g/mol. The second kappa shape index (κ2) is 6.36. The minimum Gasteiger partial charge on any atom is -0.369 e. The predicted molar refractivity (Wildman–Crippen MR) is 102 cm³/mol. The fourth-order valence-corrected chi connectivity index (χ4v) is 4.92. The molecule has 4 rings (SSSR count). The van der Waals surface area contributed by atoms with E-state index in [1.54, 1.807) is 6.07 Å². The number of amides is 2. The van der Waals surface area contributed by atoms with E-state index < -0.39 is 0 Å². The van der Waals surface area contributed by atoms with Crippen LogP contribution in [0.5, 0.6) is 0 Å². The zero-order valence-corrected chi connectivity index (χ0v) is 15.9. The standard InChI is InChI=1S/C21H26FN3O2/c1-4-19(26)24-9-15-16(10-24)20(15)14-5-11(2)18(7-17(14)22)25-8-13(21(23)27)6-12(25)3/h5,7,13,15-16,20H,3-4,6,8-10H2,1-2H3,(H2,23,27). The number of rotatable bonds is 4. The summed E-state index contributed by atoms with van der Waals surface area (Å²) >= 11 is 0. The highest BCUT2D eigenvalue weighted by Gasteiger charge is 2.57.